The van der Waals surface area contributed by atoms with Gasteiger partial charge in [0.1, 0.15) is 5.82 Å². The van der Waals surface area contributed by atoms with Crippen LogP contribution >= 0.6 is 0 Å². The minimum atomic E-state index is 0.155. The minimum Gasteiger partial charge on any atom is -0.338 e. The van der Waals surface area contributed by atoms with Gasteiger partial charge in [0.25, 0.3) is 0 Å². The molecular weight excluding hydrogens is 312 g/mol. The predicted molar refractivity (Wildman–Crippen MR) is 98.6 cm³/mol. The summed E-state index contributed by atoms with van der Waals surface area (Å²) in [6.45, 7) is 2.77. The Balaban J connectivity index is 1.29. The monoisotopic (exact) mass is 344 g/mol. The standard InChI is InChI=1S/C20H32N4O/c25-20(24(14-16-9-10-16)18-6-2-1-3-7-18)21-12-11-17-15-23-13-5-4-8-19(23)22-17/h15-16,18H,1-14H2,(H,21,25). The van der Waals surface area contributed by atoms with Crippen molar-refractivity contribution in [1.82, 2.24) is 19.8 Å². The van der Waals surface area contributed by atoms with Gasteiger partial charge in [-0.05, 0) is 44.4 Å². The quantitative estimate of drug-likeness (QED) is 0.858. The summed E-state index contributed by atoms with van der Waals surface area (Å²) in [7, 11) is 0. The predicted octanol–water partition coefficient (Wildman–Crippen LogP) is 3.52. The van der Waals surface area contributed by atoms with Gasteiger partial charge in [0.2, 0.25) is 0 Å². The van der Waals surface area contributed by atoms with Gasteiger partial charge in [-0.25, -0.2) is 9.78 Å². The van der Waals surface area contributed by atoms with Crippen molar-refractivity contribution in [1.29, 1.82) is 0 Å². The van der Waals surface area contributed by atoms with Crippen molar-refractivity contribution in [3.05, 3.63) is 17.7 Å². The van der Waals surface area contributed by atoms with Crippen LogP contribution in [0.25, 0.3) is 0 Å². The second-order valence-corrected chi connectivity index (χ2v) is 8.17. The van der Waals surface area contributed by atoms with E-state index in [2.05, 4.69) is 21.0 Å². The van der Waals surface area contributed by atoms with E-state index in [0.717, 1.165) is 37.5 Å². The zero-order valence-electron chi connectivity index (χ0n) is 15.4. The summed E-state index contributed by atoms with van der Waals surface area (Å²) in [5.41, 5.74) is 1.13. The molecule has 2 saturated carbocycles. The van der Waals surface area contributed by atoms with E-state index in [0.29, 0.717) is 12.6 Å². The molecule has 2 aliphatic carbocycles. The Hall–Kier alpha value is -1.52. The smallest absolute Gasteiger partial charge is 0.317 e. The van der Waals surface area contributed by atoms with Crippen LogP contribution in [0.4, 0.5) is 4.79 Å². The molecule has 0 bridgehead atoms. The van der Waals surface area contributed by atoms with E-state index in [1.54, 1.807) is 0 Å². The maximum atomic E-state index is 12.8. The SMILES string of the molecule is O=C(NCCc1cn2c(n1)CCCC2)N(CC1CC1)C1CCCCC1. The van der Waals surface area contributed by atoms with Crippen LogP contribution in [0.3, 0.4) is 0 Å². The lowest BCUT2D eigenvalue weighted by atomic mass is 9.94. The average molecular weight is 345 g/mol. The zero-order chi connectivity index (χ0) is 17.1. The summed E-state index contributed by atoms with van der Waals surface area (Å²) in [5, 5.41) is 3.18. The summed E-state index contributed by atoms with van der Waals surface area (Å²) in [4.78, 5) is 19.7. The van der Waals surface area contributed by atoms with Crippen molar-refractivity contribution in [3.63, 3.8) is 0 Å². The van der Waals surface area contributed by atoms with E-state index in [4.69, 9.17) is 4.98 Å². The molecule has 0 saturated heterocycles. The lowest BCUT2D eigenvalue weighted by molar-refractivity contribution is 0.152. The highest BCUT2D eigenvalue weighted by molar-refractivity contribution is 5.74. The summed E-state index contributed by atoms with van der Waals surface area (Å²) in [6, 6.07) is 0.622. The number of carbonyl (C=O) groups is 1. The summed E-state index contributed by atoms with van der Waals surface area (Å²) in [5.74, 6) is 1.98. The Morgan fingerprint density at radius 1 is 1.16 bits per heavy atom. The van der Waals surface area contributed by atoms with Crippen LogP contribution in [-0.2, 0) is 19.4 Å². The topological polar surface area (TPSA) is 50.2 Å². The van der Waals surface area contributed by atoms with Crippen LogP contribution in [0.1, 0.15) is 69.3 Å². The van der Waals surface area contributed by atoms with Crippen LogP contribution in [0, 0.1) is 5.92 Å². The van der Waals surface area contributed by atoms with E-state index >= 15 is 0 Å². The lowest BCUT2D eigenvalue weighted by Crippen LogP contribution is -2.48. The Bertz CT molecular complexity index is 563. The van der Waals surface area contributed by atoms with Crippen molar-refractivity contribution >= 4 is 6.03 Å². The molecule has 0 radical (unpaired) electrons. The van der Waals surface area contributed by atoms with Crippen molar-refractivity contribution in [3.8, 4) is 0 Å². The molecule has 5 heteroatoms. The Morgan fingerprint density at radius 2 is 2.00 bits per heavy atom. The van der Waals surface area contributed by atoms with Crippen molar-refractivity contribution in [2.75, 3.05) is 13.1 Å². The van der Waals surface area contributed by atoms with E-state index < -0.39 is 0 Å². The number of nitrogens with one attached hydrogen (secondary N) is 1. The number of nitrogens with zero attached hydrogens (tertiary/aromatic N) is 3. The van der Waals surface area contributed by atoms with Gasteiger partial charge in [0, 0.05) is 44.7 Å². The highest BCUT2D eigenvalue weighted by Crippen LogP contribution is 2.32. The summed E-state index contributed by atoms with van der Waals surface area (Å²) >= 11 is 0. The summed E-state index contributed by atoms with van der Waals surface area (Å²) in [6.07, 6.45) is 15.5. The van der Waals surface area contributed by atoms with Crippen LogP contribution < -0.4 is 5.32 Å². The summed E-state index contributed by atoms with van der Waals surface area (Å²) < 4.78 is 2.29. The van der Waals surface area contributed by atoms with Crippen LogP contribution in [0.2, 0.25) is 0 Å². The molecule has 0 spiro atoms. The number of carbonyl (C=O) groups excluding carboxylic acids is 1. The third-order valence-corrected chi connectivity index (χ3v) is 6.04. The molecule has 0 unspecified atom stereocenters. The molecule has 1 aromatic rings. The molecule has 138 valence electrons. The van der Waals surface area contributed by atoms with E-state index in [-0.39, 0.29) is 6.03 Å². The molecule has 0 atom stereocenters. The number of hydrogen-bond acceptors (Lipinski definition) is 2. The van der Waals surface area contributed by atoms with Gasteiger partial charge < -0.3 is 14.8 Å². The zero-order valence-corrected chi connectivity index (χ0v) is 15.4. The molecule has 2 fully saturated rings. The first-order valence-electron chi connectivity index (χ1n) is 10.4. The Morgan fingerprint density at radius 3 is 2.76 bits per heavy atom. The van der Waals surface area contributed by atoms with Crippen molar-refractivity contribution in [2.45, 2.75) is 83.2 Å². The van der Waals surface area contributed by atoms with E-state index in [9.17, 15) is 4.79 Å². The van der Waals surface area contributed by atoms with Crippen LogP contribution in [-0.4, -0.2) is 39.6 Å². The number of fused-ring (bicyclic) bond motifs is 1. The first-order chi connectivity index (χ1) is 12.3. The van der Waals surface area contributed by atoms with Gasteiger partial charge >= 0.3 is 6.03 Å². The number of amides is 2. The number of urea groups is 1. The molecular formula is C20H32N4O. The fourth-order valence-corrected chi connectivity index (χ4v) is 4.36. The first-order valence-corrected chi connectivity index (χ1v) is 10.4. The molecule has 1 aliphatic heterocycles. The number of rotatable bonds is 6. The average Bonchev–Trinajstić information content (AvgIpc) is 3.37. The number of aryl methyl sites for hydroxylation is 2. The van der Waals surface area contributed by atoms with Gasteiger partial charge in [0.05, 0.1) is 5.69 Å². The second-order valence-electron chi connectivity index (χ2n) is 8.17. The third-order valence-electron chi connectivity index (χ3n) is 6.04. The molecule has 1 N–H and O–H groups in total. The normalized spacial score (nSPS) is 21.0. The molecule has 5 nitrogen and oxygen atoms in total. The number of hydrogen-bond donors (Lipinski definition) is 1. The molecule has 2 heterocycles. The maximum absolute atomic E-state index is 12.8. The fraction of sp³-hybridized carbons (Fsp3) is 0.800. The minimum absolute atomic E-state index is 0.155. The van der Waals surface area contributed by atoms with Crippen LogP contribution in [0.5, 0.6) is 0 Å². The Labute approximate surface area is 151 Å². The molecule has 3 aliphatic rings. The fourth-order valence-electron chi connectivity index (χ4n) is 4.36. The molecule has 25 heavy (non-hydrogen) atoms. The first kappa shape index (κ1) is 16.9. The maximum Gasteiger partial charge on any atom is 0.317 e. The van der Waals surface area contributed by atoms with E-state index in [1.165, 1.54) is 63.6 Å². The van der Waals surface area contributed by atoms with Gasteiger partial charge in [-0.3, -0.25) is 0 Å². The van der Waals surface area contributed by atoms with Crippen molar-refractivity contribution < 1.29 is 4.79 Å². The Kier molecular flexibility index (Phi) is 5.28. The van der Waals surface area contributed by atoms with Gasteiger partial charge in [-0.1, -0.05) is 19.3 Å². The molecule has 4 rings (SSSR count). The number of imidazole rings is 1. The highest BCUT2D eigenvalue weighted by atomic mass is 16.2. The molecule has 2 amide bonds. The highest BCUT2D eigenvalue weighted by Gasteiger charge is 2.31. The van der Waals surface area contributed by atoms with Crippen molar-refractivity contribution in [2.24, 2.45) is 5.92 Å². The molecule has 0 aromatic carbocycles. The number of aromatic nitrogens is 2. The molecule has 1 aromatic heterocycles. The van der Waals surface area contributed by atoms with Gasteiger partial charge in [-0.15, -0.1) is 0 Å². The van der Waals surface area contributed by atoms with Crippen LogP contribution in [0.15, 0.2) is 6.20 Å². The largest absolute Gasteiger partial charge is 0.338 e. The third kappa shape index (κ3) is 4.36. The van der Waals surface area contributed by atoms with Gasteiger partial charge in [-0.2, -0.15) is 0 Å². The van der Waals surface area contributed by atoms with E-state index in [1.807, 2.05) is 0 Å². The lowest BCUT2D eigenvalue weighted by Gasteiger charge is -2.34. The second kappa shape index (κ2) is 7.79. The van der Waals surface area contributed by atoms with Gasteiger partial charge in [0.15, 0.2) is 0 Å².